The highest BCUT2D eigenvalue weighted by Gasteiger charge is 2.23. The van der Waals surface area contributed by atoms with E-state index in [0.29, 0.717) is 41.9 Å². The molecule has 0 spiro atoms. The van der Waals surface area contributed by atoms with Crippen LogP contribution in [0.1, 0.15) is 0 Å². The number of halogens is 2. The average molecular weight is 348 g/mol. The van der Waals surface area contributed by atoms with E-state index in [0.717, 1.165) is 0 Å². The number of carbonyl (C=O) groups is 2. The summed E-state index contributed by atoms with van der Waals surface area (Å²) >= 11 is 6.12. The predicted molar refractivity (Wildman–Crippen MR) is 84.1 cm³/mol. The highest BCUT2D eigenvalue weighted by atomic mass is 35.5. The molecule has 0 aromatic heterocycles. The molecule has 1 saturated heterocycles. The van der Waals surface area contributed by atoms with Gasteiger partial charge in [-0.2, -0.15) is 0 Å². The first kappa shape index (κ1) is 16.8. The Bertz CT molecular complexity index is 591. The molecule has 2 aliphatic heterocycles. The molecular formula is C13H15Cl2N3O4. The second-order valence-corrected chi connectivity index (χ2v) is 5.14. The highest BCUT2D eigenvalue weighted by Crippen LogP contribution is 2.36. The number of fused-ring (bicyclic) bond motifs is 1. The number of nitrogens with one attached hydrogen (secondary N) is 3. The van der Waals surface area contributed by atoms with Gasteiger partial charge in [-0.25, -0.2) is 0 Å². The van der Waals surface area contributed by atoms with Crippen molar-refractivity contribution in [3.8, 4) is 5.75 Å². The molecule has 1 atom stereocenters. The van der Waals surface area contributed by atoms with E-state index in [1.807, 2.05) is 0 Å². The van der Waals surface area contributed by atoms with Gasteiger partial charge in [0, 0.05) is 12.6 Å². The van der Waals surface area contributed by atoms with Crippen LogP contribution in [0.3, 0.4) is 0 Å². The second kappa shape index (κ2) is 7.15. The third-order valence-corrected chi connectivity index (χ3v) is 3.51. The first-order valence-electron chi connectivity index (χ1n) is 6.51. The number of anilines is 2. The van der Waals surface area contributed by atoms with E-state index in [1.54, 1.807) is 12.1 Å². The normalized spacial score (nSPS) is 20.0. The van der Waals surface area contributed by atoms with Crippen LogP contribution in [0, 0.1) is 0 Å². The Labute approximate surface area is 138 Å². The Hall–Kier alpha value is -1.54. The maximum atomic E-state index is 12.1. The van der Waals surface area contributed by atoms with E-state index in [2.05, 4.69) is 16.0 Å². The minimum atomic E-state index is -0.411. The summed E-state index contributed by atoms with van der Waals surface area (Å²) in [6.07, 6.45) is 0. The zero-order chi connectivity index (χ0) is 14.8. The lowest BCUT2D eigenvalue weighted by Crippen LogP contribution is -2.48. The van der Waals surface area contributed by atoms with Crippen molar-refractivity contribution in [1.82, 2.24) is 5.32 Å². The van der Waals surface area contributed by atoms with Crippen molar-refractivity contribution in [3.63, 3.8) is 0 Å². The Kier molecular flexibility index (Phi) is 5.47. The monoisotopic (exact) mass is 347 g/mol. The number of benzene rings is 1. The van der Waals surface area contributed by atoms with Crippen molar-refractivity contribution in [2.75, 3.05) is 37.0 Å². The van der Waals surface area contributed by atoms with Gasteiger partial charge in [0.2, 0.25) is 5.91 Å². The molecule has 1 fully saturated rings. The molecule has 120 valence electrons. The highest BCUT2D eigenvalue weighted by molar-refractivity contribution is 6.34. The van der Waals surface area contributed by atoms with Gasteiger partial charge in [0.25, 0.3) is 5.91 Å². The molecule has 0 radical (unpaired) electrons. The molecule has 2 heterocycles. The Morgan fingerprint density at radius 3 is 2.95 bits per heavy atom. The van der Waals surface area contributed by atoms with Crippen LogP contribution < -0.4 is 20.7 Å². The van der Waals surface area contributed by atoms with Crippen molar-refractivity contribution in [1.29, 1.82) is 0 Å². The summed E-state index contributed by atoms with van der Waals surface area (Å²) in [4.78, 5) is 23.4. The van der Waals surface area contributed by atoms with Crippen LogP contribution in [0.4, 0.5) is 11.4 Å². The van der Waals surface area contributed by atoms with Crippen LogP contribution in [0.25, 0.3) is 0 Å². The van der Waals surface area contributed by atoms with Crippen LogP contribution in [-0.2, 0) is 14.3 Å². The van der Waals surface area contributed by atoms with Gasteiger partial charge in [-0.1, -0.05) is 11.6 Å². The lowest BCUT2D eigenvalue weighted by molar-refractivity contribution is -0.121. The summed E-state index contributed by atoms with van der Waals surface area (Å²) in [5.41, 5.74) is 0.928. The van der Waals surface area contributed by atoms with Crippen LogP contribution >= 0.6 is 24.0 Å². The fourth-order valence-electron chi connectivity index (χ4n) is 2.15. The topological polar surface area (TPSA) is 88.7 Å². The van der Waals surface area contributed by atoms with Gasteiger partial charge in [0.1, 0.15) is 11.8 Å². The molecule has 0 aliphatic carbocycles. The van der Waals surface area contributed by atoms with Gasteiger partial charge in [-0.3, -0.25) is 9.59 Å². The van der Waals surface area contributed by atoms with Gasteiger partial charge in [-0.15, -0.1) is 12.4 Å². The summed E-state index contributed by atoms with van der Waals surface area (Å²) < 4.78 is 10.5. The molecule has 1 aromatic rings. The molecule has 1 unspecified atom stereocenters. The molecular weight excluding hydrogens is 333 g/mol. The number of morpholine rings is 1. The van der Waals surface area contributed by atoms with Crippen molar-refractivity contribution >= 4 is 47.2 Å². The smallest absolute Gasteiger partial charge is 0.262 e. The van der Waals surface area contributed by atoms with Crippen molar-refractivity contribution < 1.29 is 19.1 Å². The minimum absolute atomic E-state index is 0. The fraction of sp³-hybridized carbons (Fsp3) is 0.385. The van der Waals surface area contributed by atoms with E-state index in [1.165, 1.54) is 0 Å². The molecule has 2 amide bonds. The molecule has 2 aliphatic rings. The summed E-state index contributed by atoms with van der Waals surface area (Å²) in [7, 11) is 0. The first-order valence-corrected chi connectivity index (χ1v) is 6.89. The summed E-state index contributed by atoms with van der Waals surface area (Å²) in [6.45, 7) is 1.49. The summed E-state index contributed by atoms with van der Waals surface area (Å²) in [6, 6.07) is 2.74. The van der Waals surface area contributed by atoms with Crippen LogP contribution in [0.5, 0.6) is 5.75 Å². The van der Waals surface area contributed by atoms with Crippen molar-refractivity contribution in [2.45, 2.75) is 6.04 Å². The molecule has 1 aromatic carbocycles. The third-order valence-electron chi connectivity index (χ3n) is 3.20. The minimum Gasteiger partial charge on any atom is -0.482 e. The van der Waals surface area contributed by atoms with Gasteiger partial charge >= 0.3 is 0 Å². The lowest BCUT2D eigenvalue weighted by atomic mass is 10.2. The van der Waals surface area contributed by atoms with Gasteiger partial charge < -0.3 is 25.4 Å². The van der Waals surface area contributed by atoms with E-state index in [4.69, 9.17) is 21.1 Å². The van der Waals surface area contributed by atoms with E-state index in [9.17, 15) is 9.59 Å². The molecule has 0 saturated carbocycles. The number of hydrogen-bond donors (Lipinski definition) is 3. The van der Waals surface area contributed by atoms with Crippen LogP contribution in [0.15, 0.2) is 12.1 Å². The Balaban J connectivity index is 0.00000176. The van der Waals surface area contributed by atoms with E-state index < -0.39 is 6.04 Å². The number of carbonyl (C=O) groups excluding carboxylic acids is 2. The molecule has 22 heavy (non-hydrogen) atoms. The summed E-state index contributed by atoms with van der Waals surface area (Å²) in [5, 5.41) is 8.77. The molecule has 7 nitrogen and oxygen atoms in total. The van der Waals surface area contributed by atoms with Crippen LogP contribution in [0.2, 0.25) is 5.02 Å². The van der Waals surface area contributed by atoms with Gasteiger partial charge in [0.05, 0.1) is 29.6 Å². The quantitative estimate of drug-likeness (QED) is 0.743. The lowest BCUT2D eigenvalue weighted by Gasteiger charge is -2.24. The number of rotatable bonds is 2. The largest absolute Gasteiger partial charge is 0.482 e. The average Bonchev–Trinajstić information content (AvgIpc) is 2.49. The third kappa shape index (κ3) is 3.61. The standard InChI is InChI=1S/C13H14ClN3O4.ClH/c14-7-3-9-11(21-6-12(18)16-9)4-8(7)17-13(19)10-5-20-2-1-15-10;/h3-4,10,15H,1-2,5-6H2,(H,16,18)(H,17,19);1H. The van der Waals surface area contributed by atoms with Crippen molar-refractivity contribution in [2.24, 2.45) is 0 Å². The molecule has 3 rings (SSSR count). The SMILES string of the molecule is Cl.O=C1COc2cc(NC(=O)C3COCCN3)c(Cl)cc2N1. The molecule has 0 bridgehead atoms. The number of hydrogen-bond acceptors (Lipinski definition) is 5. The predicted octanol–water partition coefficient (Wildman–Crippen LogP) is 1.02. The van der Waals surface area contributed by atoms with Gasteiger partial charge in [-0.05, 0) is 6.07 Å². The van der Waals surface area contributed by atoms with E-state index in [-0.39, 0.29) is 30.8 Å². The fourth-order valence-corrected chi connectivity index (χ4v) is 2.36. The molecule has 3 N–H and O–H groups in total. The number of ether oxygens (including phenoxy) is 2. The Morgan fingerprint density at radius 1 is 1.41 bits per heavy atom. The zero-order valence-electron chi connectivity index (χ0n) is 11.5. The number of amides is 2. The summed E-state index contributed by atoms with van der Waals surface area (Å²) in [5.74, 6) is 0.0115. The van der Waals surface area contributed by atoms with Crippen LogP contribution in [-0.4, -0.2) is 44.2 Å². The van der Waals surface area contributed by atoms with E-state index >= 15 is 0 Å². The van der Waals surface area contributed by atoms with Gasteiger partial charge in [0.15, 0.2) is 6.61 Å². The maximum Gasteiger partial charge on any atom is 0.262 e. The van der Waals surface area contributed by atoms with Crippen molar-refractivity contribution in [3.05, 3.63) is 17.2 Å². The molecule has 9 heteroatoms. The maximum absolute atomic E-state index is 12.1. The first-order chi connectivity index (χ1) is 10.1. The second-order valence-electron chi connectivity index (χ2n) is 4.74. The Morgan fingerprint density at radius 2 is 2.23 bits per heavy atom. The zero-order valence-corrected chi connectivity index (χ0v) is 13.1.